The number of amides is 1. The molecule has 2 aromatic carbocycles. The third-order valence-electron chi connectivity index (χ3n) is 7.41. The standard InChI is InChI=1S/C19H14N2OS.C17H15NO2.C12H9NS/c1-14-5-2-7-16(20-14)11-10-15-6-3-8-17(13-15)21-19(22)18-9-4-12-23-18;1-3-20-17(19)15-8-5-7-14(12-15)10-11-16-9-4-6-13(2)18-16;1-10-4-2-5-11(13-10)7-8-12-6-3-9-14-12/h2-9,12-13H,1H3,(H,21,22);4-9,12H,3H2,1-2H3;2-6,9H,1H3. The van der Waals surface area contributed by atoms with Crippen LogP contribution < -0.4 is 5.32 Å². The molecule has 0 saturated heterocycles. The lowest BCUT2D eigenvalue weighted by molar-refractivity contribution is 0.0526. The Labute approximate surface area is 341 Å². The van der Waals surface area contributed by atoms with E-state index in [1.54, 1.807) is 42.5 Å². The lowest BCUT2D eigenvalue weighted by Crippen LogP contribution is -2.09. The van der Waals surface area contributed by atoms with Gasteiger partial charge in [-0.25, -0.2) is 19.7 Å². The van der Waals surface area contributed by atoms with Gasteiger partial charge in [0, 0.05) is 33.9 Å². The number of benzene rings is 2. The summed E-state index contributed by atoms with van der Waals surface area (Å²) < 4.78 is 4.96. The van der Waals surface area contributed by atoms with Crippen molar-refractivity contribution < 1.29 is 14.3 Å². The Morgan fingerprint density at radius 2 is 1.11 bits per heavy atom. The highest BCUT2D eigenvalue weighted by molar-refractivity contribution is 7.12. The van der Waals surface area contributed by atoms with Crippen molar-refractivity contribution in [3.05, 3.63) is 199 Å². The zero-order valence-corrected chi connectivity index (χ0v) is 33.5. The maximum atomic E-state index is 12.1. The Balaban J connectivity index is 0.000000168. The molecule has 0 saturated carbocycles. The number of pyridine rings is 3. The van der Waals surface area contributed by atoms with E-state index in [1.807, 2.05) is 135 Å². The topological polar surface area (TPSA) is 94.1 Å². The first-order valence-corrected chi connectivity index (χ1v) is 19.6. The Kier molecular flexibility index (Phi) is 15.6. The molecule has 7 nitrogen and oxygen atoms in total. The van der Waals surface area contributed by atoms with E-state index in [0.717, 1.165) is 50.2 Å². The third-order valence-corrected chi connectivity index (χ3v) is 9.06. The van der Waals surface area contributed by atoms with Crippen LogP contribution in [0.4, 0.5) is 5.69 Å². The molecule has 0 fully saturated rings. The third kappa shape index (κ3) is 14.2. The number of carbonyl (C=O) groups excluding carboxylic acids is 2. The highest BCUT2D eigenvalue weighted by Crippen LogP contribution is 2.15. The summed E-state index contributed by atoms with van der Waals surface area (Å²) in [7, 11) is 0. The molecular formula is C48H38N4O3S2. The highest BCUT2D eigenvalue weighted by Gasteiger charge is 2.07. The van der Waals surface area contributed by atoms with Crippen molar-refractivity contribution in [2.75, 3.05) is 11.9 Å². The SMILES string of the molecule is CCOC(=O)c1cccc(C#Cc2cccc(C)n2)c1.Cc1cccc(C#Cc2cccc(NC(=O)c3cccs3)c2)n1.Cc1cccc(C#Cc2cccs2)n1. The van der Waals surface area contributed by atoms with Crippen molar-refractivity contribution in [2.45, 2.75) is 27.7 Å². The van der Waals surface area contributed by atoms with E-state index in [4.69, 9.17) is 4.74 Å². The highest BCUT2D eigenvalue weighted by atomic mass is 32.1. The number of nitrogens with zero attached hydrogens (tertiary/aromatic N) is 3. The van der Waals surface area contributed by atoms with Crippen molar-refractivity contribution in [2.24, 2.45) is 0 Å². The van der Waals surface area contributed by atoms with Gasteiger partial charge in [-0.1, -0.05) is 54.3 Å². The Morgan fingerprint density at radius 1 is 0.579 bits per heavy atom. The number of anilines is 1. The molecule has 280 valence electrons. The van der Waals surface area contributed by atoms with E-state index in [-0.39, 0.29) is 11.9 Å². The lowest BCUT2D eigenvalue weighted by Gasteiger charge is -2.03. The van der Waals surface area contributed by atoms with Crippen LogP contribution in [0.15, 0.2) is 138 Å². The largest absolute Gasteiger partial charge is 0.462 e. The molecular weight excluding hydrogens is 745 g/mol. The fourth-order valence-electron chi connectivity index (χ4n) is 4.80. The summed E-state index contributed by atoms with van der Waals surface area (Å²) in [6.07, 6.45) is 0. The monoisotopic (exact) mass is 782 g/mol. The maximum absolute atomic E-state index is 12.1. The second-order valence-corrected chi connectivity index (χ2v) is 13.9. The predicted octanol–water partition coefficient (Wildman–Crippen LogP) is 9.92. The number of aromatic nitrogens is 3. The molecule has 0 aliphatic heterocycles. The van der Waals surface area contributed by atoms with E-state index in [2.05, 4.69) is 55.8 Å². The summed E-state index contributed by atoms with van der Waals surface area (Å²) in [5, 5.41) is 6.78. The van der Waals surface area contributed by atoms with Crippen LogP contribution in [0.5, 0.6) is 0 Å². The summed E-state index contributed by atoms with van der Waals surface area (Å²) in [5.74, 6) is 17.8. The number of thiophene rings is 2. The first-order valence-electron chi connectivity index (χ1n) is 17.9. The van der Waals surface area contributed by atoms with Crippen LogP contribution in [0.1, 0.15) is 77.1 Å². The Hall–Kier alpha value is -7.09. The average molecular weight is 783 g/mol. The normalized spacial score (nSPS) is 9.54. The first-order chi connectivity index (χ1) is 27.7. The number of rotatable bonds is 4. The van der Waals surface area contributed by atoms with Gasteiger partial charge in [-0.3, -0.25) is 4.79 Å². The first kappa shape index (κ1) is 41.1. The van der Waals surface area contributed by atoms with Crippen molar-refractivity contribution in [1.29, 1.82) is 0 Å². The van der Waals surface area contributed by atoms with Crippen LogP contribution in [0.3, 0.4) is 0 Å². The van der Waals surface area contributed by atoms with Crippen LogP contribution in [-0.4, -0.2) is 33.4 Å². The van der Waals surface area contributed by atoms with Gasteiger partial charge >= 0.3 is 5.97 Å². The number of aryl methyl sites for hydroxylation is 3. The number of esters is 1. The van der Waals surface area contributed by atoms with Gasteiger partial charge in [-0.05, 0) is 147 Å². The molecule has 0 bridgehead atoms. The molecule has 0 radical (unpaired) electrons. The second kappa shape index (κ2) is 21.7. The molecule has 0 spiro atoms. The van der Waals surface area contributed by atoms with Crippen molar-refractivity contribution in [3.63, 3.8) is 0 Å². The lowest BCUT2D eigenvalue weighted by atomic mass is 10.1. The van der Waals surface area contributed by atoms with E-state index in [1.165, 1.54) is 11.3 Å². The molecule has 57 heavy (non-hydrogen) atoms. The minimum Gasteiger partial charge on any atom is -0.462 e. The smallest absolute Gasteiger partial charge is 0.338 e. The zero-order valence-electron chi connectivity index (χ0n) is 31.9. The number of ether oxygens (including phenoxy) is 1. The molecule has 7 aromatic rings. The summed E-state index contributed by atoms with van der Waals surface area (Å²) in [4.78, 5) is 38.4. The molecule has 1 amide bonds. The second-order valence-electron chi connectivity index (χ2n) is 12.0. The fourth-order valence-corrected chi connectivity index (χ4v) is 5.99. The van der Waals surface area contributed by atoms with Crippen LogP contribution in [0.2, 0.25) is 0 Å². The molecule has 0 atom stereocenters. The van der Waals surface area contributed by atoms with Gasteiger partial charge in [0.1, 0.15) is 17.1 Å². The van der Waals surface area contributed by atoms with E-state index in [9.17, 15) is 9.59 Å². The molecule has 0 unspecified atom stereocenters. The fraction of sp³-hybridized carbons (Fsp3) is 0.104. The van der Waals surface area contributed by atoms with Gasteiger partial charge in [-0.2, -0.15) is 0 Å². The number of carbonyl (C=O) groups is 2. The summed E-state index contributed by atoms with van der Waals surface area (Å²) >= 11 is 3.06. The van der Waals surface area contributed by atoms with Gasteiger partial charge in [0.2, 0.25) is 0 Å². The van der Waals surface area contributed by atoms with E-state index < -0.39 is 0 Å². The Bertz CT molecular complexity index is 2620. The van der Waals surface area contributed by atoms with Gasteiger partial charge in [0.25, 0.3) is 5.91 Å². The number of nitrogens with one attached hydrogen (secondary N) is 1. The number of hydrogen-bond acceptors (Lipinski definition) is 8. The maximum Gasteiger partial charge on any atom is 0.338 e. The summed E-state index contributed by atoms with van der Waals surface area (Å²) in [6, 6.07) is 39.5. The van der Waals surface area contributed by atoms with Crippen molar-refractivity contribution in [3.8, 4) is 35.5 Å². The molecule has 7 rings (SSSR count). The van der Waals surface area contributed by atoms with Gasteiger partial charge in [0.15, 0.2) is 0 Å². The average Bonchev–Trinajstić information content (AvgIpc) is 3.96. The Morgan fingerprint density at radius 3 is 1.63 bits per heavy atom. The van der Waals surface area contributed by atoms with Gasteiger partial charge < -0.3 is 10.1 Å². The zero-order chi connectivity index (χ0) is 40.2. The van der Waals surface area contributed by atoms with Crippen molar-refractivity contribution in [1.82, 2.24) is 15.0 Å². The molecule has 9 heteroatoms. The van der Waals surface area contributed by atoms with Crippen LogP contribution in [0.25, 0.3) is 0 Å². The van der Waals surface area contributed by atoms with Gasteiger partial charge in [0.05, 0.1) is 21.9 Å². The van der Waals surface area contributed by atoms with Crippen molar-refractivity contribution >= 4 is 40.2 Å². The minimum absolute atomic E-state index is 0.106. The number of hydrogen-bond donors (Lipinski definition) is 1. The molecule has 5 heterocycles. The van der Waals surface area contributed by atoms with Gasteiger partial charge in [-0.15, -0.1) is 22.7 Å². The summed E-state index contributed by atoms with van der Waals surface area (Å²) in [5.41, 5.74) is 7.98. The summed E-state index contributed by atoms with van der Waals surface area (Å²) in [6.45, 7) is 7.97. The minimum atomic E-state index is -0.329. The molecule has 0 aliphatic carbocycles. The van der Waals surface area contributed by atoms with Crippen LogP contribution >= 0.6 is 22.7 Å². The van der Waals surface area contributed by atoms with Crippen LogP contribution in [-0.2, 0) is 4.74 Å². The van der Waals surface area contributed by atoms with E-state index >= 15 is 0 Å². The van der Waals surface area contributed by atoms with E-state index in [0.29, 0.717) is 22.7 Å². The predicted molar refractivity (Wildman–Crippen MR) is 230 cm³/mol. The van der Waals surface area contributed by atoms with Crippen LogP contribution in [0, 0.1) is 56.3 Å². The molecule has 1 N–H and O–H groups in total. The molecule has 0 aliphatic rings. The quantitative estimate of drug-likeness (QED) is 0.141. The molecule has 5 aromatic heterocycles.